The molecule has 1 heterocycles. The standard InChI is InChI=1S/C8H11N5O/c1-3-4(2)11-5-6(9)12-8(10)13-7(5)14/h3H,1H2,2H3,(H5,9,10,12,13,14). The van der Waals surface area contributed by atoms with Gasteiger partial charge in [-0.3, -0.25) is 9.78 Å². The van der Waals surface area contributed by atoms with Crippen molar-refractivity contribution in [3.8, 4) is 0 Å². The fourth-order valence-corrected chi connectivity index (χ4v) is 0.833. The highest BCUT2D eigenvalue weighted by Crippen LogP contribution is 2.13. The Balaban J connectivity index is 3.36. The summed E-state index contributed by atoms with van der Waals surface area (Å²) in [5, 5.41) is 0. The lowest BCUT2D eigenvalue weighted by Gasteiger charge is -1.99. The van der Waals surface area contributed by atoms with Gasteiger partial charge in [0.1, 0.15) is 0 Å². The average Bonchev–Trinajstić information content (AvgIpc) is 2.10. The van der Waals surface area contributed by atoms with E-state index in [0.29, 0.717) is 5.71 Å². The zero-order valence-electron chi connectivity index (χ0n) is 7.74. The summed E-state index contributed by atoms with van der Waals surface area (Å²) in [7, 11) is 0. The van der Waals surface area contributed by atoms with Crippen LogP contribution in [0.4, 0.5) is 17.5 Å². The lowest BCUT2D eigenvalue weighted by Crippen LogP contribution is -2.13. The number of hydrogen-bond acceptors (Lipinski definition) is 5. The molecule has 1 aromatic rings. The second-order valence-corrected chi connectivity index (χ2v) is 2.64. The van der Waals surface area contributed by atoms with Crippen molar-refractivity contribution in [1.29, 1.82) is 0 Å². The van der Waals surface area contributed by atoms with Gasteiger partial charge in [-0.2, -0.15) is 4.98 Å². The van der Waals surface area contributed by atoms with E-state index in [1.165, 1.54) is 6.08 Å². The fourth-order valence-electron chi connectivity index (χ4n) is 0.833. The summed E-state index contributed by atoms with van der Waals surface area (Å²) in [4.78, 5) is 21.2. The van der Waals surface area contributed by atoms with E-state index in [-0.39, 0.29) is 17.5 Å². The van der Waals surface area contributed by atoms with Gasteiger partial charge in [-0.05, 0) is 13.0 Å². The van der Waals surface area contributed by atoms with Crippen molar-refractivity contribution in [2.75, 3.05) is 11.5 Å². The Labute approximate surface area is 80.4 Å². The quantitative estimate of drug-likeness (QED) is 0.583. The number of allylic oxidation sites excluding steroid dienone is 1. The Hall–Kier alpha value is -2.11. The first-order chi connectivity index (χ1) is 6.54. The number of anilines is 2. The third-order valence-corrected chi connectivity index (χ3v) is 1.52. The van der Waals surface area contributed by atoms with Crippen LogP contribution >= 0.6 is 0 Å². The normalized spacial score (nSPS) is 11.4. The molecule has 0 unspecified atom stereocenters. The van der Waals surface area contributed by atoms with E-state index in [2.05, 4.69) is 21.5 Å². The summed E-state index contributed by atoms with van der Waals surface area (Å²) >= 11 is 0. The molecule has 6 heteroatoms. The van der Waals surface area contributed by atoms with Crippen LogP contribution in [0.3, 0.4) is 0 Å². The number of nitrogens with zero attached hydrogens (tertiary/aromatic N) is 2. The van der Waals surface area contributed by atoms with Crippen LogP contribution in [0.25, 0.3) is 0 Å². The number of rotatable bonds is 2. The van der Waals surface area contributed by atoms with Crippen LogP contribution in [-0.4, -0.2) is 15.7 Å². The van der Waals surface area contributed by atoms with Crippen LogP contribution in [0, 0.1) is 0 Å². The molecule has 14 heavy (non-hydrogen) atoms. The Bertz CT molecular complexity index is 446. The van der Waals surface area contributed by atoms with Crippen molar-refractivity contribution in [3.05, 3.63) is 23.0 Å². The molecular weight excluding hydrogens is 182 g/mol. The van der Waals surface area contributed by atoms with E-state index in [1.807, 2.05) is 0 Å². The molecule has 1 rings (SSSR count). The zero-order chi connectivity index (χ0) is 10.7. The van der Waals surface area contributed by atoms with E-state index in [1.54, 1.807) is 6.92 Å². The number of nitrogens with two attached hydrogens (primary N) is 2. The molecule has 0 atom stereocenters. The maximum absolute atomic E-state index is 11.3. The Morgan fingerprint density at radius 2 is 2.29 bits per heavy atom. The molecule has 0 radical (unpaired) electrons. The first kappa shape index (κ1) is 9.97. The second kappa shape index (κ2) is 3.73. The molecule has 5 N–H and O–H groups in total. The summed E-state index contributed by atoms with van der Waals surface area (Å²) in [5.74, 6) is -0.0184. The van der Waals surface area contributed by atoms with Gasteiger partial charge < -0.3 is 11.5 Å². The van der Waals surface area contributed by atoms with Crippen molar-refractivity contribution < 1.29 is 0 Å². The van der Waals surface area contributed by atoms with Crippen LogP contribution in [-0.2, 0) is 0 Å². The average molecular weight is 193 g/mol. The molecule has 0 aliphatic carbocycles. The topological polar surface area (TPSA) is 110 Å². The van der Waals surface area contributed by atoms with Gasteiger partial charge in [-0.15, -0.1) is 0 Å². The molecule has 0 aliphatic rings. The highest BCUT2D eigenvalue weighted by molar-refractivity contribution is 5.94. The first-order valence-electron chi connectivity index (χ1n) is 3.87. The molecule has 74 valence electrons. The Kier molecular flexibility index (Phi) is 2.66. The third kappa shape index (κ3) is 1.98. The van der Waals surface area contributed by atoms with Crippen molar-refractivity contribution in [2.45, 2.75) is 6.92 Å². The van der Waals surface area contributed by atoms with E-state index >= 15 is 0 Å². The highest BCUT2D eigenvalue weighted by atomic mass is 16.1. The number of hydrogen-bond donors (Lipinski definition) is 3. The lowest BCUT2D eigenvalue weighted by molar-refractivity contribution is 1.13. The summed E-state index contributed by atoms with van der Waals surface area (Å²) < 4.78 is 0. The Morgan fingerprint density at radius 3 is 2.79 bits per heavy atom. The molecule has 0 aliphatic heterocycles. The molecule has 0 spiro atoms. The van der Waals surface area contributed by atoms with Crippen LogP contribution in [0.5, 0.6) is 0 Å². The molecule has 0 fully saturated rings. The monoisotopic (exact) mass is 193 g/mol. The number of H-pyrrole nitrogens is 1. The number of nitrogens with one attached hydrogen (secondary N) is 1. The predicted molar refractivity (Wildman–Crippen MR) is 56.6 cm³/mol. The van der Waals surface area contributed by atoms with Crippen LogP contribution in [0.15, 0.2) is 22.4 Å². The second-order valence-electron chi connectivity index (χ2n) is 2.64. The fraction of sp³-hybridized carbons (Fsp3) is 0.125. The summed E-state index contributed by atoms with van der Waals surface area (Å²) in [6.07, 6.45) is 1.51. The van der Waals surface area contributed by atoms with Crippen LogP contribution in [0.2, 0.25) is 0 Å². The minimum absolute atomic E-state index is 0.00690. The number of nitrogen functional groups attached to an aromatic ring is 2. The molecule has 0 saturated carbocycles. The number of aromatic amines is 1. The summed E-state index contributed by atoms with van der Waals surface area (Å²) in [5.41, 5.74) is 10.9. The highest BCUT2D eigenvalue weighted by Gasteiger charge is 2.05. The zero-order valence-corrected chi connectivity index (χ0v) is 7.74. The predicted octanol–water partition coefficient (Wildman–Crippen LogP) is 0.213. The van der Waals surface area contributed by atoms with Gasteiger partial charge in [0.25, 0.3) is 5.56 Å². The van der Waals surface area contributed by atoms with E-state index in [0.717, 1.165) is 0 Å². The molecule has 0 amide bonds. The third-order valence-electron chi connectivity index (χ3n) is 1.52. The maximum atomic E-state index is 11.3. The Morgan fingerprint density at radius 1 is 1.64 bits per heavy atom. The van der Waals surface area contributed by atoms with Gasteiger partial charge in [-0.1, -0.05) is 6.58 Å². The van der Waals surface area contributed by atoms with E-state index < -0.39 is 5.56 Å². The van der Waals surface area contributed by atoms with Crippen molar-refractivity contribution >= 4 is 23.2 Å². The smallest absolute Gasteiger partial charge is 0.280 e. The molecular formula is C8H11N5O. The van der Waals surface area contributed by atoms with Crippen LogP contribution < -0.4 is 17.0 Å². The molecule has 0 saturated heterocycles. The SMILES string of the molecule is C=CC(C)=Nc1c(N)nc(N)[nH]c1=O. The van der Waals surface area contributed by atoms with E-state index in [4.69, 9.17) is 11.5 Å². The maximum Gasteiger partial charge on any atom is 0.280 e. The van der Waals surface area contributed by atoms with Gasteiger partial charge in [0.05, 0.1) is 0 Å². The minimum atomic E-state index is -0.462. The molecule has 1 aromatic heterocycles. The molecule has 0 aromatic carbocycles. The molecule has 6 nitrogen and oxygen atoms in total. The van der Waals surface area contributed by atoms with Gasteiger partial charge in [0.2, 0.25) is 5.95 Å². The largest absolute Gasteiger partial charge is 0.382 e. The van der Waals surface area contributed by atoms with Crippen molar-refractivity contribution in [1.82, 2.24) is 9.97 Å². The first-order valence-corrected chi connectivity index (χ1v) is 3.87. The molecule has 0 bridgehead atoms. The van der Waals surface area contributed by atoms with Gasteiger partial charge in [0, 0.05) is 5.71 Å². The summed E-state index contributed by atoms with van der Waals surface area (Å²) in [6, 6.07) is 0. The lowest BCUT2D eigenvalue weighted by atomic mass is 10.4. The number of aliphatic imine (C=N–C) groups is 1. The van der Waals surface area contributed by atoms with E-state index in [9.17, 15) is 4.79 Å². The van der Waals surface area contributed by atoms with Crippen molar-refractivity contribution in [2.24, 2.45) is 4.99 Å². The van der Waals surface area contributed by atoms with Gasteiger partial charge in [-0.25, -0.2) is 4.99 Å². The number of aromatic nitrogens is 2. The van der Waals surface area contributed by atoms with Crippen LogP contribution in [0.1, 0.15) is 6.92 Å². The van der Waals surface area contributed by atoms with Gasteiger partial charge >= 0.3 is 0 Å². The van der Waals surface area contributed by atoms with Gasteiger partial charge in [0.15, 0.2) is 11.5 Å². The minimum Gasteiger partial charge on any atom is -0.382 e. The van der Waals surface area contributed by atoms with Crippen molar-refractivity contribution in [3.63, 3.8) is 0 Å². The summed E-state index contributed by atoms with van der Waals surface area (Å²) in [6.45, 7) is 5.20.